The van der Waals surface area contributed by atoms with Crippen molar-refractivity contribution >= 4 is 40.1 Å². The molecule has 0 spiro atoms. The largest absolute Gasteiger partial charge is 0.459 e. The topological polar surface area (TPSA) is 94.9 Å². The number of furan rings is 1. The first-order valence-electron chi connectivity index (χ1n) is 10.6. The lowest BCUT2D eigenvalue weighted by atomic mass is 10.2. The fourth-order valence-electron chi connectivity index (χ4n) is 3.83. The van der Waals surface area contributed by atoms with Gasteiger partial charge in [0, 0.05) is 36.3 Å². The van der Waals surface area contributed by atoms with E-state index >= 15 is 0 Å². The van der Waals surface area contributed by atoms with Crippen LogP contribution in [-0.4, -0.2) is 49.8 Å². The van der Waals surface area contributed by atoms with Gasteiger partial charge in [0.1, 0.15) is 11.3 Å². The number of likely N-dealkylation sites (N-methyl/N-ethyl adjacent to an activating group) is 1. The molecular formula is C24H26N4O4. The number of rotatable bonds is 6. The first-order valence-corrected chi connectivity index (χ1v) is 10.6. The quantitative estimate of drug-likeness (QED) is 0.582. The van der Waals surface area contributed by atoms with Crippen LogP contribution in [0.5, 0.6) is 0 Å². The third-order valence-electron chi connectivity index (χ3n) is 5.55. The summed E-state index contributed by atoms with van der Waals surface area (Å²) < 4.78 is 5.92. The number of anilines is 2. The Kier molecular flexibility index (Phi) is 6.23. The maximum Gasteiger partial charge on any atom is 0.313 e. The number of carbonyl (C=O) groups excluding carboxylic acids is 3. The third-order valence-corrected chi connectivity index (χ3v) is 5.55. The molecule has 1 aliphatic rings. The van der Waals surface area contributed by atoms with Crippen LogP contribution in [0.4, 0.5) is 11.4 Å². The van der Waals surface area contributed by atoms with Crippen LogP contribution in [0, 0.1) is 0 Å². The molecule has 32 heavy (non-hydrogen) atoms. The molecule has 2 aromatic carbocycles. The van der Waals surface area contributed by atoms with E-state index in [-0.39, 0.29) is 18.5 Å². The van der Waals surface area contributed by atoms with Gasteiger partial charge in [0.15, 0.2) is 0 Å². The summed E-state index contributed by atoms with van der Waals surface area (Å²) in [4.78, 5) is 40.4. The van der Waals surface area contributed by atoms with E-state index < -0.39 is 11.8 Å². The van der Waals surface area contributed by atoms with Gasteiger partial charge in [-0.2, -0.15) is 0 Å². The van der Waals surface area contributed by atoms with Gasteiger partial charge in [-0.1, -0.05) is 24.3 Å². The third kappa shape index (κ3) is 4.65. The minimum absolute atomic E-state index is 0.0616. The normalized spacial score (nSPS) is 14.7. The van der Waals surface area contributed by atoms with Gasteiger partial charge in [0.2, 0.25) is 5.91 Å². The molecule has 1 aromatic heterocycles. The van der Waals surface area contributed by atoms with Gasteiger partial charge >= 0.3 is 11.8 Å². The van der Waals surface area contributed by atoms with Crippen molar-refractivity contribution in [2.45, 2.75) is 18.9 Å². The van der Waals surface area contributed by atoms with Crippen molar-refractivity contribution < 1.29 is 18.8 Å². The Bertz CT molecular complexity index is 1120. The van der Waals surface area contributed by atoms with Crippen LogP contribution < -0.4 is 15.5 Å². The molecule has 3 amide bonds. The molecule has 8 heteroatoms. The van der Waals surface area contributed by atoms with E-state index in [0.29, 0.717) is 30.1 Å². The molecule has 0 bridgehead atoms. The van der Waals surface area contributed by atoms with E-state index in [2.05, 4.69) is 10.6 Å². The highest BCUT2D eigenvalue weighted by Gasteiger charge is 2.24. The molecule has 0 aliphatic carbocycles. The predicted molar refractivity (Wildman–Crippen MR) is 122 cm³/mol. The standard InChI is InChI=1S/C24H26N4O4/c1-27(2)19(21-13-16-7-3-4-10-20(16)32-21)15-25-23(30)24(31)26-17-8-5-9-18(14-17)28-12-6-11-22(28)29/h3-5,7-10,13-14,19H,6,11-12,15H2,1-2H3,(H,25,30)(H,26,31). The van der Waals surface area contributed by atoms with Gasteiger partial charge in [-0.05, 0) is 50.8 Å². The molecule has 1 fully saturated rings. The number of para-hydroxylation sites is 1. The monoisotopic (exact) mass is 434 g/mol. The second-order valence-electron chi connectivity index (χ2n) is 8.03. The lowest BCUT2D eigenvalue weighted by Crippen LogP contribution is -2.40. The van der Waals surface area contributed by atoms with Gasteiger partial charge in [-0.3, -0.25) is 19.3 Å². The number of benzene rings is 2. The average molecular weight is 434 g/mol. The number of amides is 3. The molecular weight excluding hydrogens is 408 g/mol. The summed E-state index contributed by atoms with van der Waals surface area (Å²) in [5.74, 6) is -0.737. The molecule has 3 aromatic rings. The van der Waals surface area contributed by atoms with Crippen molar-refractivity contribution in [1.82, 2.24) is 10.2 Å². The molecule has 1 atom stereocenters. The second-order valence-corrected chi connectivity index (χ2v) is 8.03. The van der Waals surface area contributed by atoms with Gasteiger partial charge in [0.05, 0.1) is 6.04 Å². The maximum absolute atomic E-state index is 12.4. The van der Waals surface area contributed by atoms with Crippen LogP contribution in [0.2, 0.25) is 0 Å². The number of nitrogens with zero attached hydrogens (tertiary/aromatic N) is 2. The lowest BCUT2D eigenvalue weighted by molar-refractivity contribution is -0.136. The fraction of sp³-hybridized carbons (Fsp3) is 0.292. The van der Waals surface area contributed by atoms with Gasteiger partial charge in [0.25, 0.3) is 0 Å². The molecule has 2 heterocycles. The van der Waals surface area contributed by atoms with E-state index in [4.69, 9.17) is 4.42 Å². The summed E-state index contributed by atoms with van der Waals surface area (Å²) in [6.45, 7) is 0.867. The molecule has 0 saturated carbocycles. The van der Waals surface area contributed by atoms with Crippen molar-refractivity contribution in [2.24, 2.45) is 0 Å². The molecule has 1 saturated heterocycles. The van der Waals surface area contributed by atoms with Crippen molar-refractivity contribution in [2.75, 3.05) is 37.4 Å². The van der Waals surface area contributed by atoms with E-state index in [1.54, 1.807) is 23.1 Å². The minimum atomic E-state index is -0.767. The highest BCUT2D eigenvalue weighted by atomic mass is 16.3. The predicted octanol–water partition coefficient (Wildman–Crippen LogP) is 2.92. The summed E-state index contributed by atoms with van der Waals surface area (Å²) >= 11 is 0. The summed E-state index contributed by atoms with van der Waals surface area (Å²) in [6, 6.07) is 16.4. The number of hydrogen-bond acceptors (Lipinski definition) is 5. The number of fused-ring (bicyclic) bond motifs is 1. The average Bonchev–Trinajstić information content (AvgIpc) is 3.39. The Hall–Kier alpha value is -3.65. The smallest absolute Gasteiger partial charge is 0.313 e. The SMILES string of the molecule is CN(C)C(CNC(=O)C(=O)Nc1cccc(N2CCCC2=O)c1)c1cc2ccccc2o1. The first-order chi connectivity index (χ1) is 15.4. The Morgan fingerprint density at radius 3 is 2.62 bits per heavy atom. The van der Waals surface area contributed by atoms with E-state index in [1.165, 1.54) is 0 Å². The molecule has 2 N–H and O–H groups in total. The van der Waals surface area contributed by atoms with Gasteiger partial charge in [-0.25, -0.2) is 0 Å². The number of carbonyl (C=O) groups is 3. The van der Waals surface area contributed by atoms with Gasteiger partial charge in [-0.15, -0.1) is 0 Å². The van der Waals surface area contributed by atoms with Crippen LogP contribution in [0.3, 0.4) is 0 Å². The fourth-order valence-corrected chi connectivity index (χ4v) is 3.83. The van der Waals surface area contributed by atoms with Crippen molar-refractivity contribution in [1.29, 1.82) is 0 Å². The van der Waals surface area contributed by atoms with E-state index in [9.17, 15) is 14.4 Å². The number of hydrogen-bond donors (Lipinski definition) is 2. The van der Waals surface area contributed by atoms with Crippen molar-refractivity contribution in [3.63, 3.8) is 0 Å². The zero-order valence-electron chi connectivity index (χ0n) is 18.1. The zero-order chi connectivity index (χ0) is 22.7. The van der Waals surface area contributed by atoms with Crippen molar-refractivity contribution in [3.05, 3.63) is 60.4 Å². The summed E-state index contributed by atoms with van der Waals surface area (Å²) in [5, 5.41) is 6.28. The Morgan fingerprint density at radius 1 is 1.09 bits per heavy atom. The van der Waals surface area contributed by atoms with Crippen LogP contribution in [0.25, 0.3) is 11.0 Å². The highest BCUT2D eigenvalue weighted by Crippen LogP contribution is 2.26. The Balaban J connectivity index is 1.38. The Labute approximate surface area is 186 Å². The van der Waals surface area contributed by atoms with Crippen LogP contribution in [0.1, 0.15) is 24.6 Å². The summed E-state index contributed by atoms with van der Waals surface area (Å²) in [7, 11) is 3.77. The van der Waals surface area contributed by atoms with Crippen LogP contribution in [0.15, 0.2) is 59.0 Å². The maximum atomic E-state index is 12.4. The molecule has 1 unspecified atom stereocenters. The van der Waals surface area contributed by atoms with E-state index in [0.717, 1.165) is 17.4 Å². The van der Waals surface area contributed by atoms with Crippen LogP contribution in [-0.2, 0) is 14.4 Å². The zero-order valence-corrected chi connectivity index (χ0v) is 18.1. The first kappa shape index (κ1) is 21.6. The molecule has 4 rings (SSSR count). The lowest BCUT2D eigenvalue weighted by Gasteiger charge is -2.22. The van der Waals surface area contributed by atoms with Gasteiger partial charge < -0.3 is 20.0 Å². The minimum Gasteiger partial charge on any atom is -0.459 e. The number of nitrogens with one attached hydrogen (secondary N) is 2. The molecule has 1 aliphatic heterocycles. The summed E-state index contributed by atoms with van der Waals surface area (Å²) in [5.41, 5.74) is 1.95. The molecule has 166 valence electrons. The van der Waals surface area contributed by atoms with Crippen LogP contribution >= 0.6 is 0 Å². The van der Waals surface area contributed by atoms with Crippen molar-refractivity contribution in [3.8, 4) is 0 Å². The molecule has 8 nitrogen and oxygen atoms in total. The highest BCUT2D eigenvalue weighted by molar-refractivity contribution is 6.39. The second kappa shape index (κ2) is 9.23. The molecule has 0 radical (unpaired) electrons. The van der Waals surface area contributed by atoms with E-state index in [1.807, 2.05) is 55.4 Å². The summed E-state index contributed by atoms with van der Waals surface area (Å²) in [6.07, 6.45) is 1.34. The Morgan fingerprint density at radius 2 is 1.91 bits per heavy atom.